The third-order valence-corrected chi connectivity index (χ3v) is 6.20. The molecule has 1 aliphatic heterocycles. The van der Waals surface area contributed by atoms with Crippen LogP contribution in [0.15, 0.2) is 30.5 Å². The monoisotopic (exact) mass is 390 g/mol. The third kappa shape index (κ3) is 4.13. The normalized spacial score (nSPS) is 18.9. The number of likely N-dealkylation sites (tertiary alicyclic amines) is 1. The van der Waals surface area contributed by atoms with Crippen LogP contribution in [0.1, 0.15) is 43.0 Å². The number of piperidine rings is 1. The van der Waals surface area contributed by atoms with E-state index in [4.69, 9.17) is 28.2 Å². The van der Waals surface area contributed by atoms with Crippen molar-refractivity contribution in [2.24, 2.45) is 0 Å². The summed E-state index contributed by atoms with van der Waals surface area (Å²) in [6.07, 6.45) is 6.66. The number of hydrogen-bond acceptors (Lipinski definition) is 4. The Hall–Kier alpha value is -1.36. The fraction of sp³-hybridized carbons (Fsp3) is 0.500. The first-order valence-corrected chi connectivity index (χ1v) is 10.1. The molecule has 2 fully saturated rings. The first kappa shape index (κ1) is 18.0. The zero-order chi connectivity index (χ0) is 18.1. The zero-order valence-electron chi connectivity index (χ0n) is 15.0. The highest BCUT2D eigenvalue weighted by atomic mass is 35.5. The predicted octanol–water partition coefficient (Wildman–Crippen LogP) is 4.76. The van der Waals surface area contributed by atoms with Crippen molar-refractivity contribution >= 4 is 29.0 Å². The molecule has 1 aromatic heterocycles. The fourth-order valence-electron chi connectivity index (χ4n) is 3.65. The van der Waals surface area contributed by atoms with Gasteiger partial charge in [-0.1, -0.05) is 29.3 Å². The Morgan fingerprint density at radius 2 is 1.85 bits per heavy atom. The lowest BCUT2D eigenvalue weighted by Crippen LogP contribution is -2.43. The summed E-state index contributed by atoms with van der Waals surface area (Å²) in [6.45, 7) is 3.08. The molecule has 0 radical (unpaired) electrons. The number of anilines is 1. The van der Waals surface area contributed by atoms with Gasteiger partial charge in [0.15, 0.2) is 0 Å². The van der Waals surface area contributed by atoms with Gasteiger partial charge in [-0.05, 0) is 49.4 Å². The first-order valence-electron chi connectivity index (χ1n) is 9.32. The van der Waals surface area contributed by atoms with Crippen LogP contribution < -0.4 is 4.90 Å². The highest BCUT2D eigenvalue weighted by molar-refractivity contribution is 6.42. The van der Waals surface area contributed by atoms with Crippen molar-refractivity contribution in [3.8, 4) is 0 Å². The fourth-order valence-corrected chi connectivity index (χ4v) is 3.97. The summed E-state index contributed by atoms with van der Waals surface area (Å²) in [4.78, 5) is 14.0. The molecule has 2 aliphatic rings. The molecule has 4 nitrogen and oxygen atoms in total. The molecule has 1 saturated carbocycles. The van der Waals surface area contributed by atoms with Gasteiger partial charge in [0, 0.05) is 44.8 Å². The summed E-state index contributed by atoms with van der Waals surface area (Å²) in [5.74, 6) is 2.67. The summed E-state index contributed by atoms with van der Waals surface area (Å²) >= 11 is 12.1. The van der Waals surface area contributed by atoms with E-state index in [9.17, 15) is 0 Å². The lowest BCUT2D eigenvalue weighted by atomic mass is 10.0. The molecule has 0 amide bonds. The Morgan fingerprint density at radius 3 is 2.54 bits per heavy atom. The Balaban J connectivity index is 1.34. The molecule has 1 saturated heterocycles. The molecule has 6 heteroatoms. The van der Waals surface area contributed by atoms with Crippen molar-refractivity contribution in [1.29, 1.82) is 0 Å². The van der Waals surface area contributed by atoms with E-state index in [0.717, 1.165) is 44.1 Å². The van der Waals surface area contributed by atoms with Gasteiger partial charge in [0.05, 0.1) is 10.0 Å². The van der Waals surface area contributed by atoms with Gasteiger partial charge in [0.25, 0.3) is 0 Å². The maximum atomic E-state index is 6.13. The second kappa shape index (κ2) is 7.71. The molecule has 0 atom stereocenters. The molecular formula is C20H24Cl2N4. The highest BCUT2D eigenvalue weighted by Gasteiger charge is 2.28. The minimum absolute atomic E-state index is 0.530. The topological polar surface area (TPSA) is 32.3 Å². The van der Waals surface area contributed by atoms with E-state index < -0.39 is 0 Å². The largest absolute Gasteiger partial charge is 0.356 e. The van der Waals surface area contributed by atoms with Crippen LogP contribution in [-0.4, -0.2) is 41.0 Å². The van der Waals surface area contributed by atoms with Crippen LogP contribution in [0.4, 0.5) is 5.82 Å². The number of hydrogen-bond donors (Lipinski definition) is 0. The quantitative estimate of drug-likeness (QED) is 0.736. The van der Waals surface area contributed by atoms with Gasteiger partial charge in [-0.3, -0.25) is 4.90 Å². The van der Waals surface area contributed by atoms with Gasteiger partial charge in [-0.25, -0.2) is 9.97 Å². The second-order valence-corrected chi connectivity index (χ2v) is 8.23. The standard InChI is InChI=1S/C20H24Cl2N4/c1-25(19-6-9-23-20(24-19)15-3-4-15)16-7-10-26(11-8-16)13-14-2-5-17(21)18(22)12-14/h2,5-6,9,12,15-16H,3-4,7-8,10-11,13H2,1H3. The summed E-state index contributed by atoms with van der Waals surface area (Å²) < 4.78 is 0. The molecule has 0 bridgehead atoms. The molecular weight excluding hydrogens is 367 g/mol. The molecule has 4 rings (SSSR count). The first-order chi connectivity index (χ1) is 12.6. The minimum Gasteiger partial charge on any atom is -0.356 e. The molecule has 0 unspecified atom stereocenters. The van der Waals surface area contributed by atoms with Crippen LogP contribution in [0.2, 0.25) is 10.0 Å². The van der Waals surface area contributed by atoms with E-state index >= 15 is 0 Å². The number of aromatic nitrogens is 2. The van der Waals surface area contributed by atoms with Gasteiger partial charge in [-0.15, -0.1) is 0 Å². The Bertz CT molecular complexity index is 770. The van der Waals surface area contributed by atoms with Crippen LogP contribution in [0.5, 0.6) is 0 Å². The Kier molecular flexibility index (Phi) is 5.35. The van der Waals surface area contributed by atoms with Crippen molar-refractivity contribution in [2.45, 2.75) is 44.2 Å². The van der Waals surface area contributed by atoms with E-state index in [2.05, 4.69) is 27.9 Å². The molecule has 0 spiro atoms. The Labute approximate surface area is 165 Å². The SMILES string of the molecule is CN(c1ccnc(C2CC2)n1)C1CCN(Cc2ccc(Cl)c(Cl)c2)CC1. The van der Waals surface area contributed by atoms with Gasteiger partial charge in [-0.2, -0.15) is 0 Å². The second-order valence-electron chi connectivity index (χ2n) is 7.41. The van der Waals surface area contributed by atoms with Crippen LogP contribution in [0.3, 0.4) is 0 Å². The van der Waals surface area contributed by atoms with E-state index in [1.54, 1.807) is 0 Å². The van der Waals surface area contributed by atoms with Crippen LogP contribution in [-0.2, 0) is 6.54 Å². The smallest absolute Gasteiger partial charge is 0.133 e. The minimum atomic E-state index is 0.530. The van der Waals surface area contributed by atoms with Gasteiger partial charge in [0.2, 0.25) is 0 Å². The van der Waals surface area contributed by atoms with E-state index in [-0.39, 0.29) is 0 Å². The predicted molar refractivity (Wildman–Crippen MR) is 107 cm³/mol. The van der Waals surface area contributed by atoms with Crippen molar-refractivity contribution < 1.29 is 0 Å². The number of rotatable bonds is 5. The lowest BCUT2D eigenvalue weighted by molar-refractivity contribution is 0.203. The molecule has 2 heterocycles. The third-order valence-electron chi connectivity index (χ3n) is 5.46. The van der Waals surface area contributed by atoms with Crippen molar-refractivity contribution in [2.75, 3.05) is 25.0 Å². The molecule has 138 valence electrons. The van der Waals surface area contributed by atoms with Crippen molar-refractivity contribution in [1.82, 2.24) is 14.9 Å². The molecule has 1 aromatic carbocycles. The van der Waals surface area contributed by atoms with Crippen molar-refractivity contribution in [3.63, 3.8) is 0 Å². The van der Waals surface area contributed by atoms with Crippen LogP contribution in [0.25, 0.3) is 0 Å². The van der Waals surface area contributed by atoms with E-state index in [1.807, 2.05) is 24.4 Å². The number of halogens is 2. The average molecular weight is 391 g/mol. The zero-order valence-corrected chi connectivity index (χ0v) is 16.5. The van der Waals surface area contributed by atoms with Crippen LogP contribution in [0, 0.1) is 0 Å². The molecule has 0 N–H and O–H groups in total. The van der Waals surface area contributed by atoms with Crippen LogP contribution >= 0.6 is 23.2 Å². The summed E-state index contributed by atoms with van der Waals surface area (Å²) in [5.41, 5.74) is 1.22. The summed E-state index contributed by atoms with van der Waals surface area (Å²) in [5, 5.41) is 1.25. The van der Waals surface area contributed by atoms with E-state index in [1.165, 1.54) is 18.4 Å². The Morgan fingerprint density at radius 1 is 1.08 bits per heavy atom. The summed E-state index contributed by atoms with van der Waals surface area (Å²) in [6, 6.07) is 8.48. The molecule has 26 heavy (non-hydrogen) atoms. The number of nitrogens with zero attached hydrogens (tertiary/aromatic N) is 4. The van der Waals surface area contributed by atoms with E-state index in [0.29, 0.717) is 22.0 Å². The summed E-state index contributed by atoms with van der Waals surface area (Å²) in [7, 11) is 2.16. The number of benzene rings is 1. The molecule has 1 aliphatic carbocycles. The van der Waals surface area contributed by atoms with Gasteiger partial charge < -0.3 is 4.90 Å². The molecule has 2 aromatic rings. The lowest BCUT2D eigenvalue weighted by Gasteiger charge is -2.37. The average Bonchev–Trinajstić information content (AvgIpc) is 3.50. The van der Waals surface area contributed by atoms with Gasteiger partial charge in [0.1, 0.15) is 11.6 Å². The highest BCUT2D eigenvalue weighted by Crippen LogP contribution is 2.38. The maximum Gasteiger partial charge on any atom is 0.133 e. The van der Waals surface area contributed by atoms with Crippen molar-refractivity contribution in [3.05, 3.63) is 51.9 Å². The van der Waals surface area contributed by atoms with Gasteiger partial charge >= 0.3 is 0 Å². The maximum absolute atomic E-state index is 6.13.